The molecule has 1 aromatic heterocycles. The van der Waals surface area contributed by atoms with Crippen molar-refractivity contribution in [3.05, 3.63) is 35.0 Å². The maximum absolute atomic E-state index is 11.6. The molecule has 0 unspecified atom stereocenters. The predicted octanol–water partition coefficient (Wildman–Crippen LogP) is 3.28. The molecule has 124 valence electrons. The Kier molecular flexibility index (Phi) is 4.71. The third kappa shape index (κ3) is 3.27. The maximum atomic E-state index is 11.6. The molecule has 0 aliphatic carbocycles. The highest BCUT2D eigenvalue weighted by molar-refractivity contribution is 5.86. The summed E-state index contributed by atoms with van der Waals surface area (Å²) >= 11 is 0. The zero-order chi connectivity index (χ0) is 16.4. The number of esters is 1. The quantitative estimate of drug-likeness (QED) is 0.794. The highest BCUT2D eigenvalue weighted by atomic mass is 16.5. The molecule has 1 aliphatic rings. The summed E-state index contributed by atoms with van der Waals surface area (Å²) in [5.74, 6) is -0.0894. The van der Waals surface area contributed by atoms with Crippen LogP contribution >= 0.6 is 0 Å². The number of aryl methyl sites for hydroxylation is 2. The maximum Gasteiger partial charge on any atom is 0.305 e. The van der Waals surface area contributed by atoms with Crippen LogP contribution in [0.3, 0.4) is 0 Å². The monoisotopic (exact) mass is 314 g/mol. The van der Waals surface area contributed by atoms with Gasteiger partial charge in [0.05, 0.1) is 6.61 Å². The molecule has 0 fully saturated rings. The first kappa shape index (κ1) is 16.1. The molecule has 3 rings (SSSR count). The van der Waals surface area contributed by atoms with E-state index in [1.807, 2.05) is 6.92 Å². The molecule has 1 aliphatic heterocycles. The largest absolute Gasteiger partial charge is 0.466 e. The zero-order valence-electron chi connectivity index (χ0n) is 14.4. The predicted molar refractivity (Wildman–Crippen MR) is 92.6 cm³/mol. The van der Waals surface area contributed by atoms with Crippen LogP contribution in [0.2, 0.25) is 0 Å². The number of aromatic nitrogens is 1. The number of carbonyl (C=O) groups excluding carboxylic acids is 1. The van der Waals surface area contributed by atoms with Gasteiger partial charge < -0.3 is 14.2 Å². The molecule has 0 amide bonds. The number of carbonyl (C=O) groups is 1. The molecule has 23 heavy (non-hydrogen) atoms. The summed E-state index contributed by atoms with van der Waals surface area (Å²) in [5.41, 5.74) is 5.53. The van der Waals surface area contributed by atoms with E-state index < -0.39 is 0 Å². The van der Waals surface area contributed by atoms with Crippen LogP contribution in [0.5, 0.6) is 0 Å². The number of ether oxygens (including phenoxy) is 1. The van der Waals surface area contributed by atoms with Gasteiger partial charge in [-0.25, -0.2) is 0 Å². The number of benzene rings is 1. The Morgan fingerprint density at radius 1 is 1.35 bits per heavy atom. The van der Waals surface area contributed by atoms with Crippen molar-refractivity contribution in [2.24, 2.45) is 0 Å². The van der Waals surface area contributed by atoms with Gasteiger partial charge in [-0.05, 0) is 45.0 Å². The third-order valence-electron chi connectivity index (χ3n) is 4.67. The van der Waals surface area contributed by atoms with Crippen LogP contribution in [0.25, 0.3) is 10.9 Å². The van der Waals surface area contributed by atoms with Crippen molar-refractivity contribution in [3.8, 4) is 0 Å². The summed E-state index contributed by atoms with van der Waals surface area (Å²) in [6, 6.07) is 6.71. The number of rotatable bonds is 5. The average Bonchev–Trinajstić information content (AvgIpc) is 2.81. The molecule has 2 heterocycles. The van der Waals surface area contributed by atoms with E-state index in [4.69, 9.17) is 4.74 Å². The summed E-state index contributed by atoms with van der Waals surface area (Å²) < 4.78 is 7.46. The SMILES string of the molecule is CCOC(=O)CCCn1c2c(c3cc(C)ccc31)CN(C)CC2. The molecule has 1 aromatic carbocycles. The fraction of sp³-hybridized carbons (Fsp3) is 0.526. The van der Waals surface area contributed by atoms with Crippen LogP contribution in [0, 0.1) is 6.92 Å². The minimum atomic E-state index is -0.0894. The van der Waals surface area contributed by atoms with Gasteiger partial charge in [0, 0.05) is 49.1 Å². The lowest BCUT2D eigenvalue weighted by Crippen LogP contribution is -2.27. The number of fused-ring (bicyclic) bond motifs is 3. The lowest BCUT2D eigenvalue weighted by molar-refractivity contribution is -0.143. The molecule has 2 aromatic rings. The second-order valence-electron chi connectivity index (χ2n) is 6.49. The van der Waals surface area contributed by atoms with E-state index in [-0.39, 0.29) is 5.97 Å². The topological polar surface area (TPSA) is 34.5 Å². The molecule has 0 radical (unpaired) electrons. The van der Waals surface area contributed by atoms with E-state index in [1.54, 1.807) is 0 Å². The minimum absolute atomic E-state index is 0.0894. The molecule has 0 bridgehead atoms. The summed E-state index contributed by atoms with van der Waals surface area (Å²) in [5, 5.41) is 1.38. The third-order valence-corrected chi connectivity index (χ3v) is 4.67. The first-order valence-corrected chi connectivity index (χ1v) is 8.55. The van der Waals surface area contributed by atoms with Crippen LogP contribution in [0.4, 0.5) is 0 Å². The van der Waals surface area contributed by atoms with Crippen molar-refractivity contribution in [3.63, 3.8) is 0 Å². The molecule has 0 N–H and O–H groups in total. The van der Waals surface area contributed by atoms with Gasteiger partial charge in [-0.15, -0.1) is 0 Å². The fourth-order valence-electron chi connectivity index (χ4n) is 3.57. The van der Waals surface area contributed by atoms with E-state index in [0.717, 1.165) is 32.5 Å². The Bertz CT molecular complexity index is 718. The zero-order valence-corrected chi connectivity index (χ0v) is 14.4. The van der Waals surface area contributed by atoms with Crippen molar-refractivity contribution < 1.29 is 9.53 Å². The van der Waals surface area contributed by atoms with E-state index in [2.05, 4.69) is 41.6 Å². The number of hydrogen-bond acceptors (Lipinski definition) is 3. The van der Waals surface area contributed by atoms with Crippen LogP contribution in [-0.2, 0) is 29.0 Å². The molecule has 0 spiro atoms. The average molecular weight is 314 g/mol. The summed E-state index contributed by atoms with van der Waals surface area (Å²) in [4.78, 5) is 14.0. The van der Waals surface area contributed by atoms with E-state index in [1.165, 1.54) is 27.7 Å². The molecule has 0 saturated carbocycles. The lowest BCUT2D eigenvalue weighted by atomic mass is 10.0. The highest BCUT2D eigenvalue weighted by Gasteiger charge is 2.22. The van der Waals surface area contributed by atoms with E-state index in [9.17, 15) is 4.79 Å². The summed E-state index contributed by atoms with van der Waals surface area (Å²) in [6.45, 7) is 7.47. The van der Waals surface area contributed by atoms with Gasteiger partial charge in [0.1, 0.15) is 0 Å². The Labute approximate surface area is 138 Å². The van der Waals surface area contributed by atoms with Crippen molar-refractivity contribution >= 4 is 16.9 Å². The minimum Gasteiger partial charge on any atom is -0.466 e. The molecule has 4 nitrogen and oxygen atoms in total. The molecular weight excluding hydrogens is 288 g/mol. The van der Waals surface area contributed by atoms with Crippen LogP contribution in [0.1, 0.15) is 36.6 Å². The van der Waals surface area contributed by atoms with Gasteiger partial charge in [0.2, 0.25) is 0 Å². The van der Waals surface area contributed by atoms with Crippen molar-refractivity contribution in [2.45, 2.75) is 46.2 Å². The summed E-state index contributed by atoms with van der Waals surface area (Å²) in [7, 11) is 2.18. The van der Waals surface area contributed by atoms with E-state index >= 15 is 0 Å². The van der Waals surface area contributed by atoms with E-state index in [0.29, 0.717) is 13.0 Å². The smallest absolute Gasteiger partial charge is 0.305 e. The van der Waals surface area contributed by atoms with Crippen LogP contribution in [-0.4, -0.2) is 35.6 Å². The summed E-state index contributed by atoms with van der Waals surface area (Å²) in [6.07, 6.45) is 2.41. The second kappa shape index (κ2) is 6.75. The van der Waals surface area contributed by atoms with Crippen molar-refractivity contribution in [1.82, 2.24) is 9.47 Å². The van der Waals surface area contributed by atoms with Crippen molar-refractivity contribution in [1.29, 1.82) is 0 Å². The Hall–Kier alpha value is -1.81. The number of nitrogens with zero attached hydrogens (tertiary/aromatic N) is 2. The van der Waals surface area contributed by atoms with Crippen LogP contribution < -0.4 is 0 Å². The fourth-order valence-corrected chi connectivity index (χ4v) is 3.57. The standard InChI is InChI=1S/C19H26N2O2/c1-4-23-19(22)6-5-10-21-17-8-7-14(2)12-15(17)16-13-20(3)11-9-18(16)21/h7-8,12H,4-6,9-11,13H2,1-3H3. The van der Waals surface area contributed by atoms with Gasteiger partial charge in [0.15, 0.2) is 0 Å². The van der Waals surface area contributed by atoms with Gasteiger partial charge >= 0.3 is 5.97 Å². The number of likely N-dealkylation sites (N-methyl/N-ethyl adjacent to an activating group) is 1. The van der Waals surface area contributed by atoms with Gasteiger partial charge in [-0.2, -0.15) is 0 Å². The van der Waals surface area contributed by atoms with Gasteiger partial charge in [0.25, 0.3) is 0 Å². The second-order valence-corrected chi connectivity index (χ2v) is 6.49. The lowest BCUT2D eigenvalue weighted by Gasteiger charge is -2.24. The van der Waals surface area contributed by atoms with Crippen LogP contribution in [0.15, 0.2) is 18.2 Å². The molecule has 0 saturated heterocycles. The first-order chi connectivity index (χ1) is 11.1. The first-order valence-electron chi connectivity index (χ1n) is 8.55. The molecular formula is C19H26N2O2. The number of hydrogen-bond donors (Lipinski definition) is 0. The van der Waals surface area contributed by atoms with Gasteiger partial charge in [-0.3, -0.25) is 4.79 Å². The molecule has 4 heteroatoms. The Morgan fingerprint density at radius 2 is 2.17 bits per heavy atom. The van der Waals surface area contributed by atoms with Crippen molar-refractivity contribution in [2.75, 3.05) is 20.2 Å². The Morgan fingerprint density at radius 3 is 2.96 bits per heavy atom. The Balaban J connectivity index is 1.89. The normalized spacial score (nSPS) is 14.9. The highest BCUT2D eigenvalue weighted by Crippen LogP contribution is 2.31. The molecule has 0 atom stereocenters. The van der Waals surface area contributed by atoms with Gasteiger partial charge in [-0.1, -0.05) is 11.6 Å².